The second-order valence-electron chi connectivity index (χ2n) is 6.01. The standard InChI is InChI=1S/C15H12ClFN2O4S/c16-10-5-11(17)13(9-6-24(22,23)18-12(9)10)19-14(20)7-3-1-2-4-8(7)15(19)21/h5,18H,1-4,6H2. The lowest BCUT2D eigenvalue weighted by molar-refractivity contribution is -0.120. The van der Waals surface area contributed by atoms with Crippen LogP contribution in [0.25, 0.3) is 0 Å². The maximum absolute atomic E-state index is 14.6. The van der Waals surface area contributed by atoms with Crippen molar-refractivity contribution in [1.82, 2.24) is 0 Å². The molecule has 0 saturated heterocycles. The first-order chi connectivity index (χ1) is 11.3. The third-order valence-electron chi connectivity index (χ3n) is 4.51. The van der Waals surface area contributed by atoms with Crippen molar-refractivity contribution in [2.75, 3.05) is 9.62 Å². The summed E-state index contributed by atoms with van der Waals surface area (Å²) in [6.45, 7) is 0. The summed E-state index contributed by atoms with van der Waals surface area (Å²) in [6, 6.07) is 0.918. The van der Waals surface area contributed by atoms with Crippen molar-refractivity contribution in [3.63, 3.8) is 0 Å². The largest absolute Gasteiger partial charge is 0.281 e. The maximum Gasteiger partial charge on any atom is 0.261 e. The molecule has 0 fully saturated rings. The molecule has 24 heavy (non-hydrogen) atoms. The Balaban J connectivity index is 1.90. The van der Waals surface area contributed by atoms with E-state index in [9.17, 15) is 22.4 Å². The number of sulfonamides is 1. The van der Waals surface area contributed by atoms with Gasteiger partial charge in [0.15, 0.2) is 0 Å². The molecule has 1 aliphatic carbocycles. The average molecular weight is 371 g/mol. The number of carbonyl (C=O) groups is 2. The van der Waals surface area contributed by atoms with E-state index < -0.39 is 33.4 Å². The predicted octanol–water partition coefficient (Wildman–Crippen LogP) is 2.48. The average Bonchev–Trinajstić information content (AvgIpc) is 2.97. The fraction of sp³-hybridized carbons (Fsp3) is 0.333. The van der Waals surface area contributed by atoms with Gasteiger partial charge in [0.1, 0.15) is 5.82 Å². The van der Waals surface area contributed by atoms with Gasteiger partial charge in [0.25, 0.3) is 11.8 Å². The number of halogens is 2. The van der Waals surface area contributed by atoms with E-state index >= 15 is 0 Å². The molecule has 2 heterocycles. The Hall–Kier alpha value is -1.93. The second-order valence-corrected chi connectivity index (χ2v) is 8.14. The number of nitrogens with zero attached hydrogens (tertiary/aromatic N) is 1. The number of benzene rings is 1. The van der Waals surface area contributed by atoms with Gasteiger partial charge < -0.3 is 0 Å². The van der Waals surface area contributed by atoms with Crippen LogP contribution < -0.4 is 9.62 Å². The fourth-order valence-corrected chi connectivity index (χ4v) is 5.07. The Morgan fingerprint density at radius 2 is 1.71 bits per heavy atom. The molecule has 0 aromatic heterocycles. The summed E-state index contributed by atoms with van der Waals surface area (Å²) in [4.78, 5) is 26.0. The molecule has 0 bridgehead atoms. The summed E-state index contributed by atoms with van der Waals surface area (Å²) in [5, 5.41) is -0.107. The number of nitrogens with one attached hydrogen (secondary N) is 1. The minimum absolute atomic E-state index is 0.0153. The van der Waals surface area contributed by atoms with Crippen LogP contribution in [0.15, 0.2) is 17.2 Å². The monoisotopic (exact) mass is 370 g/mol. The highest BCUT2D eigenvalue weighted by atomic mass is 35.5. The molecular weight excluding hydrogens is 359 g/mol. The van der Waals surface area contributed by atoms with Crippen LogP contribution in [0.2, 0.25) is 5.02 Å². The van der Waals surface area contributed by atoms with Crippen molar-refractivity contribution in [2.45, 2.75) is 31.4 Å². The molecule has 9 heteroatoms. The topological polar surface area (TPSA) is 83.6 Å². The van der Waals surface area contributed by atoms with Gasteiger partial charge >= 0.3 is 0 Å². The van der Waals surface area contributed by atoms with Crippen molar-refractivity contribution in [3.8, 4) is 0 Å². The van der Waals surface area contributed by atoms with E-state index in [0.717, 1.165) is 23.8 Å². The first-order valence-corrected chi connectivity index (χ1v) is 9.45. The highest BCUT2D eigenvalue weighted by Crippen LogP contribution is 2.45. The van der Waals surface area contributed by atoms with Crippen LogP contribution >= 0.6 is 11.6 Å². The van der Waals surface area contributed by atoms with Gasteiger partial charge in [0, 0.05) is 16.7 Å². The van der Waals surface area contributed by atoms with Crippen LogP contribution in [0.5, 0.6) is 0 Å². The summed E-state index contributed by atoms with van der Waals surface area (Å²) in [6.07, 6.45) is 2.54. The summed E-state index contributed by atoms with van der Waals surface area (Å²) in [5.74, 6) is -2.55. The third-order valence-corrected chi connectivity index (χ3v) is 5.99. The normalized spacial score (nSPS) is 21.8. The zero-order valence-electron chi connectivity index (χ0n) is 12.4. The van der Waals surface area contributed by atoms with Gasteiger partial charge in [-0.1, -0.05) is 11.6 Å². The molecule has 1 aromatic carbocycles. The summed E-state index contributed by atoms with van der Waals surface area (Å²) in [5.41, 5.74) is 0.541. The van der Waals surface area contributed by atoms with Gasteiger partial charge in [0.05, 0.1) is 22.2 Å². The lowest BCUT2D eigenvalue weighted by Crippen LogP contribution is -2.33. The molecule has 1 aromatic rings. The molecule has 3 aliphatic rings. The minimum atomic E-state index is -3.72. The van der Waals surface area contributed by atoms with E-state index in [1.54, 1.807) is 0 Å². The van der Waals surface area contributed by atoms with Gasteiger partial charge in [-0.2, -0.15) is 0 Å². The first-order valence-electron chi connectivity index (χ1n) is 7.42. The van der Waals surface area contributed by atoms with E-state index in [0.29, 0.717) is 24.0 Å². The highest BCUT2D eigenvalue weighted by molar-refractivity contribution is 7.92. The van der Waals surface area contributed by atoms with E-state index in [-0.39, 0.29) is 22.0 Å². The van der Waals surface area contributed by atoms with Crippen LogP contribution in [0.4, 0.5) is 15.8 Å². The van der Waals surface area contributed by atoms with Gasteiger partial charge in [-0.25, -0.2) is 17.7 Å². The molecule has 0 atom stereocenters. The van der Waals surface area contributed by atoms with E-state index in [1.165, 1.54) is 0 Å². The quantitative estimate of drug-likeness (QED) is 0.770. The number of fused-ring (bicyclic) bond motifs is 1. The van der Waals surface area contributed by atoms with Crippen LogP contribution in [0.1, 0.15) is 31.2 Å². The Bertz CT molecular complexity index is 927. The number of hydrogen-bond donors (Lipinski definition) is 1. The van der Waals surface area contributed by atoms with Gasteiger partial charge in [0.2, 0.25) is 10.0 Å². The molecule has 0 spiro atoms. The Morgan fingerprint density at radius 3 is 2.29 bits per heavy atom. The van der Waals surface area contributed by atoms with Crippen LogP contribution in [0.3, 0.4) is 0 Å². The van der Waals surface area contributed by atoms with Gasteiger partial charge in [-0.3, -0.25) is 14.3 Å². The smallest absolute Gasteiger partial charge is 0.261 e. The van der Waals surface area contributed by atoms with Gasteiger partial charge in [-0.15, -0.1) is 0 Å². The molecule has 126 valence electrons. The Kier molecular flexibility index (Phi) is 3.27. The van der Waals surface area contributed by atoms with Crippen molar-refractivity contribution in [1.29, 1.82) is 0 Å². The first kappa shape index (κ1) is 15.6. The van der Waals surface area contributed by atoms with E-state index in [4.69, 9.17) is 11.6 Å². The lowest BCUT2D eigenvalue weighted by atomic mass is 9.93. The number of anilines is 2. The Labute approximate surface area is 142 Å². The van der Waals surface area contributed by atoms with Crippen molar-refractivity contribution < 1.29 is 22.4 Å². The summed E-state index contributed by atoms with van der Waals surface area (Å²) >= 11 is 5.91. The van der Waals surface area contributed by atoms with Crippen LogP contribution in [-0.4, -0.2) is 20.2 Å². The van der Waals surface area contributed by atoms with Crippen LogP contribution in [0, 0.1) is 5.82 Å². The number of hydrogen-bond acceptors (Lipinski definition) is 4. The van der Waals surface area contributed by atoms with Crippen molar-refractivity contribution >= 4 is 44.8 Å². The molecule has 6 nitrogen and oxygen atoms in total. The minimum Gasteiger partial charge on any atom is -0.281 e. The zero-order valence-corrected chi connectivity index (χ0v) is 13.9. The summed E-state index contributed by atoms with van der Waals surface area (Å²) in [7, 11) is -3.72. The molecule has 1 N–H and O–H groups in total. The van der Waals surface area contributed by atoms with Crippen LogP contribution in [-0.2, 0) is 25.4 Å². The van der Waals surface area contributed by atoms with E-state index in [2.05, 4.69) is 4.72 Å². The molecule has 0 saturated carbocycles. The Morgan fingerprint density at radius 1 is 1.12 bits per heavy atom. The number of rotatable bonds is 1. The molecule has 2 amide bonds. The zero-order chi connectivity index (χ0) is 17.2. The molecule has 4 rings (SSSR count). The number of imide groups is 1. The second kappa shape index (κ2) is 5.03. The van der Waals surface area contributed by atoms with E-state index in [1.807, 2.05) is 0 Å². The van der Waals surface area contributed by atoms with Gasteiger partial charge in [-0.05, 0) is 31.7 Å². The fourth-order valence-electron chi connectivity index (χ4n) is 3.48. The van der Waals surface area contributed by atoms with Crippen molar-refractivity contribution in [3.05, 3.63) is 33.6 Å². The maximum atomic E-state index is 14.6. The predicted molar refractivity (Wildman–Crippen MR) is 85.6 cm³/mol. The lowest BCUT2D eigenvalue weighted by Gasteiger charge is -2.19. The molecule has 0 radical (unpaired) electrons. The number of carbonyl (C=O) groups excluding carboxylic acids is 2. The number of amides is 2. The third kappa shape index (κ3) is 2.09. The molecule has 2 aliphatic heterocycles. The SMILES string of the molecule is O=C1C2=C(CCCC2)C(=O)N1c1c(F)cc(Cl)c2c1CS(=O)(=O)N2. The summed E-state index contributed by atoms with van der Waals surface area (Å²) < 4.78 is 40.5. The highest BCUT2D eigenvalue weighted by Gasteiger charge is 2.44. The molecule has 0 unspecified atom stereocenters. The van der Waals surface area contributed by atoms with Crippen molar-refractivity contribution in [2.24, 2.45) is 0 Å². The molecular formula is C15H12ClFN2O4S.